The first-order valence-electron chi connectivity index (χ1n) is 4.52. The van der Waals surface area contributed by atoms with Gasteiger partial charge in [0.15, 0.2) is 5.78 Å². The fraction of sp³-hybridized carbons (Fsp3) is 0.250. The molecule has 1 aromatic heterocycles. The number of ketones is 1. The largest absolute Gasteiger partial charge is 0.366 e. The van der Waals surface area contributed by atoms with Crippen LogP contribution >= 0.6 is 0 Å². The van der Waals surface area contributed by atoms with Crippen LogP contribution in [0.1, 0.15) is 29.8 Å². The Labute approximate surface area is 83.0 Å². The van der Waals surface area contributed by atoms with Gasteiger partial charge in [0.05, 0.1) is 0 Å². The maximum atomic E-state index is 12.0. The highest BCUT2D eigenvalue weighted by molar-refractivity contribution is 6.08. The lowest BCUT2D eigenvalue weighted by atomic mass is 9.78. The molecule has 1 aromatic rings. The topological polar surface area (TPSA) is 32.9 Å². The van der Waals surface area contributed by atoms with E-state index in [1.165, 1.54) is 0 Å². The summed E-state index contributed by atoms with van der Waals surface area (Å²) in [6.07, 6.45) is 7.36. The van der Waals surface area contributed by atoms with Gasteiger partial charge in [-0.25, -0.2) is 0 Å². The summed E-state index contributed by atoms with van der Waals surface area (Å²) >= 11 is 0. The molecular formula is C12H11NO. The van der Waals surface area contributed by atoms with Gasteiger partial charge in [-0.2, -0.15) is 0 Å². The Hall–Kier alpha value is -1.75. The van der Waals surface area contributed by atoms with Crippen molar-refractivity contribution in [2.45, 2.75) is 13.8 Å². The van der Waals surface area contributed by atoms with Crippen molar-refractivity contribution >= 4 is 11.9 Å². The summed E-state index contributed by atoms with van der Waals surface area (Å²) in [6, 6.07) is 0. The summed E-state index contributed by atoms with van der Waals surface area (Å²) in [6.45, 7) is 3.59. The molecule has 0 saturated carbocycles. The second kappa shape index (κ2) is 2.88. The number of allylic oxidation sites excluding steroid dienone is 1. The molecule has 1 N–H and O–H groups in total. The fourth-order valence-corrected chi connectivity index (χ4v) is 1.68. The first kappa shape index (κ1) is 8.83. The van der Waals surface area contributed by atoms with Crippen LogP contribution in [0, 0.1) is 17.3 Å². The van der Waals surface area contributed by atoms with Crippen molar-refractivity contribution in [3.63, 3.8) is 0 Å². The predicted octanol–water partition coefficient (Wildman–Crippen LogP) is 2.25. The molecule has 0 aliphatic heterocycles. The van der Waals surface area contributed by atoms with Crippen LogP contribution in [0.3, 0.4) is 0 Å². The molecular weight excluding hydrogens is 174 g/mol. The van der Waals surface area contributed by atoms with Gasteiger partial charge < -0.3 is 4.98 Å². The molecule has 2 nitrogen and oxygen atoms in total. The molecule has 1 unspecified atom stereocenters. The third-order valence-electron chi connectivity index (χ3n) is 2.47. The van der Waals surface area contributed by atoms with E-state index in [9.17, 15) is 4.79 Å². The number of aromatic amines is 1. The van der Waals surface area contributed by atoms with E-state index in [0.717, 1.165) is 11.1 Å². The van der Waals surface area contributed by atoms with Crippen LogP contribution in [-0.2, 0) is 0 Å². The summed E-state index contributed by atoms with van der Waals surface area (Å²) in [5, 5.41) is 0. The molecule has 0 spiro atoms. The normalized spacial score (nSPS) is 24.0. The standard InChI is InChI=1S/C12H11NO/c1-3-5-12(2)6-4-9-7-13-8-10(9)11(12)14/h4,6-8,13H,1-2H3. The number of aromatic nitrogens is 1. The van der Waals surface area contributed by atoms with Crippen molar-refractivity contribution in [1.82, 2.24) is 4.98 Å². The minimum absolute atomic E-state index is 0.0746. The highest BCUT2D eigenvalue weighted by Gasteiger charge is 2.33. The minimum atomic E-state index is -0.649. The highest BCUT2D eigenvalue weighted by atomic mass is 16.1. The van der Waals surface area contributed by atoms with Gasteiger partial charge in [0.25, 0.3) is 0 Å². The van der Waals surface area contributed by atoms with Crippen LogP contribution in [0.5, 0.6) is 0 Å². The van der Waals surface area contributed by atoms with E-state index in [0.29, 0.717) is 0 Å². The van der Waals surface area contributed by atoms with E-state index in [1.54, 1.807) is 13.1 Å². The van der Waals surface area contributed by atoms with Crippen LogP contribution in [0.25, 0.3) is 6.08 Å². The molecule has 0 aromatic carbocycles. The fourth-order valence-electron chi connectivity index (χ4n) is 1.68. The number of rotatable bonds is 0. The molecule has 1 heterocycles. The summed E-state index contributed by atoms with van der Waals surface area (Å²) in [4.78, 5) is 14.9. The molecule has 2 rings (SSSR count). The number of fused-ring (bicyclic) bond motifs is 1. The number of H-pyrrole nitrogens is 1. The van der Waals surface area contributed by atoms with Gasteiger partial charge in [0.2, 0.25) is 0 Å². The number of Topliss-reactive ketones (excluding diaryl/α,β-unsaturated/α-hetero) is 1. The third kappa shape index (κ3) is 1.10. The Morgan fingerprint density at radius 3 is 2.93 bits per heavy atom. The predicted molar refractivity (Wildman–Crippen MR) is 55.7 cm³/mol. The van der Waals surface area contributed by atoms with Crippen molar-refractivity contribution in [3.05, 3.63) is 29.6 Å². The number of carbonyl (C=O) groups is 1. The SMILES string of the molecule is CC#CC1(C)C=Cc2c[nH]cc2C1=O. The molecule has 0 fully saturated rings. The zero-order valence-electron chi connectivity index (χ0n) is 8.22. The van der Waals surface area contributed by atoms with E-state index in [1.807, 2.05) is 25.3 Å². The van der Waals surface area contributed by atoms with Crippen molar-refractivity contribution in [1.29, 1.82) is 0 Å². The quantitative estimate of drug-likeness (QED) is 0.618. The van der Waals surface area contributed by atoms with Gasteiger partial charge >= 0.3 is 0 Å². The number of nitrogens with one attached hydrogen (secondary N) is 1. The maximum absolute atomic E-state index is 12.0. The molecule has 0 radical (unpaired) electrons. The third-order valence-corrected chi connectivity index (χ3v) is 2.47. The highest BCUT2D eigenvalue weighted by Crippen LogP contribution is 2.31. The lowest BCUT2D eigenvalue weighted by molar-refractivity contribution is 0.0913. The number of hydrogen-bond acceptors (Lipinski definition) is 1. The Kier molecular flexibility index (Phi) is 1.82. The van der Waals surface area contributed by atoms with E-state index in [2.05, 4.69) is 16.8 Å². The van der Waals surface area contributed by atoms with Gasteiger partial charge in [-0.05, 0) is 13.8 Å². The van der Waals surface area contributed by atoms with Crippen LogP contribution in [0.15, 0.2) is 18.5 Å². The van der Waals surface area contributed by atoms with Crippen LogP contribution in [0.2, 0.25) is 0 Å². The van der Waals surface area contributed by atoms with Gasteiger partial charge in [-0.1, -0.05) is 18.1 Å². The second-order valence-electron chi connectivity index (χ2n) is 3.56. The van der Waals surface area contributed by atoms with Crippen molar-refractivity contribution in [2.24, 2.45) is 5.41 Å². The molecule has 0 amide bonds. The van der Waals surface area contributed by atoms with E-state index in [4.69, 9.17) is 0 Å². The zero-order chi connectivity index (χ0) is 10.2. The molecule has 1 aliphatic carbocycles. The smallest absolute Gasteiger partial charge is 0.186 e. The summed E-state index contributed by atoms with van der Waals surface area (Å²) in [5.74, 6) is 5.81. The van der Waals surface area contributed by atoms with Crippen molar-refractivity contribution in [3.8, 4) is 11.8 Å². The van der Waals surface area contributed by atoms with E-state index < -0.39 is 5.41 Å². The molecule has 0 saturated heterocycles. The Morgan fingerprint density at radius 2 is 2.21 bits per heavy atom. The van der Waals surface area contributed by atoms with Gasteiger partial charge in [0, 0.05) is 23.5 Å². The summed E-state index contributed by atoms with van der Waals surface area (Å²) in [7, 11) is 0. The molecule has 2 heteroatoms. The van der Waals surface area contributed by atoms with Gasteiger partial charge in [-0.15, -0.1) is 5.92 Å². The first-order chi connectivity index (χ1) is 6.67. The Morgan fingerprint density at radius 1 is 1.43 bits per heavy atom. The Bertz CT molecular complexity index is 470. The molecule has 70 valence electrons. The van der Waals surface area contributed by atoms with Crippen LogP contribution in [-0.4, -0.2) is 10.8 Å². The molecule has 1 atom stereocenters. The minimum Gasteiger partial charge on any atom is -0.366 e. The van der Waals surface area contributed by atoms with Crippen LogP contribution < -0.4 is 0 Å². The number of hydrogen-bond donors (Lipinski definition) is 1. The van der Waals surface area contributed by atoms with Crippen molar-refractivity contribution < 1.29 is 4.79 Å². The Balaban J connectivity index is 2.55. The van der Waals surface area contributed by atoms with Gasteiger partial charge in [-0.3, -0.25) is 4.79 Å². The lowest BCUT2D eigenvalue weighted by Crippen LogP contribution is -2.26. The monoisotopic (exact) mass is 185 g/mol. The average molecular weight is 185 g/mol. The molecule has 0 bridgehead atoms. The van der Waals surface area contributed by atoms with Crippen LogP contribution in [0.4, 0.5) is 0 Å². The lowest BCUT2D eigenvalue weighted by Gasteiger charge is -2.21. The summed E-state index contributed by atoms with van der Waals surface area (Å²) in [5.41, 5.74) is 1.03. The van der Waals surface area contributed by atoms with E-state index in [-0.39, 0.29) is 5.78 Å². The second-order valence-corrected chi connectivity index (χ2v) is 3.56. The summed E-state index contributed by atoms with van der Waals surface area (Å²) < 4.78 is 0. The van der Waals surface area contributed by atoms with Gasteiger partial charge in [0.1, 0.15) is 5.41 Å². The molecule has 14 heavy (non-hydrogen) atoms. The zero-order valence-corrected chi connectivity index (χ0v) is 8.22. The number of carbonyl (C=O) groups excluding carboxylic acids is 1. The van der Waals surface area contributed by atoms with Crippen molar-refractivity contribution in [2.75, 3.05) is 0 Å². The molecule has 1 aliphatic rings. The van der Waals surface area contributed by atoms with E-state index >= 15 is 0 Å². The maximum Gasteiger partial charge on any atom is 0.186 e. The average Bonchev–Trinajstić information content (AvgIpc) is 2.61. The first-order valence-corrected chi connectivity index (χ1v) is 4.52.